The van der Waals surface area contributed by atoms with Gasteiger partial charge in [0.15, 0.2) is 5.58 Å². The lowest BCUT2D eigenvalue weighted by atomic mass is 10.1. The van der Waals surface area contributed by atoms with Gasteiger partial charge in [-0.25, -0.2) is 14.5 Å². The molecule has 0 radical (unpaired) electrons. The lowest BCUT2D eigenvalue weighted by Crippen LogP contribution is -2.37. The number of fused-ring (bicyclic) bond motifs is 1. The molecule has 0 spiro atoms. The lowest BCUT2D eigenvalue weighted by molar-refractivity contribution is -0.135. The van der Waals surface area contributed by atoms with Crippen molar-refractivity contribution in [1.29, 1.82) is 0 Å². The largest absolute Gasteiger partial charge is 0.420 e. The monoisotopic (exact) mass is 391 g/mol. The Morgan fingerprint density at radius 1 is 1.10 bits per heavy atom. The summed E-state index contributed by atoms with van der Waals surface area (Å²) < 4.78 is 8.33. The van der Waals surface area contributed by atoms with Crippen molar-refractivity contribution in [3.8, 4) is 5.69 Å². The van der Waals surface area contributed by atoms with Crippen molar-refractivity contribution in [2.24, 2.45) is 0 Å². The van der Waals surface area contributed by atoms with Crippen molar-refractivity contribution in [2.45, 2.75) is 25.9 Å². The Bertz CT molecular complexity index is 1190. The molecule has 2 aromatic heterocycles. The molecule has 0 saturated heterocycles. The van der Waals surface area contributed by atoms with Crippen LogP contribution < -0.4 is 5.76 Å². The van der Waals surface area contributed by atoms with Crippen molar-refractivity contribution >= 4 is 17.0 Å². The van der Waals surface area contributed by atoms with Gasteiger partial charge in [-0.2, -0.15) is 5.10 Å². The molecule has 4 aromatic rings. The average Bonchev–Trinajstić information content (AvgIpc) is 3.39. The molecular formula is C21H21N5O3. The van der Waals surface area contributed by atoms with E-state index >= 15 is 0 Å². The van der Waals surface area contributed by atoms with E-state index in [1.54, 1.807) is 48.1 Å². The summed E-state index contributed by atoms with van der Waals surface area (Å²) in [5.74, 6) is -0.711. The fraction of sp³-hybridized carbons (Fsp3) is 0.238. The van der Waals surface area contributed by atoms with Crippen molar-refractivity contribution < 1.29 is 9.21 Å². The van der Waals surface area contributed by atoms with Crippen LogP contribution in [0, 0.1) is 0 Å². The highest BCUT2D eigenvalue weighted by atomic mass is 16.4. The Morgan fingerprint density at radius 3 is 2.52 bits per heavy atom. The van der Waals surface area contributed by atoms with E-state index in [0.717, 1.165) is 11.3 Å². The molecule has 2 heterocycles. The Hall–Kier alpha value is -3.68. The smallest absolute Gasteiger partial charge is 0.408 e. The van der Waals surface area contributed by atoms with E-state index in [9.17, 15) is 9.59 Å². The number of aromatic nitrogens is 4. The third kappa shape index (κ3) is 3.33. The van der Waals surface area contributed by atoms with Gasteiger partial charge in [0.1, 0.15) is 18.7 Å². The van der Waals surface area contributed by atoms with Crippen molar-refractivity contribution in [1.82, 2.24) is 24.2 Å². The number of rotatable bonds is 5. The summed E-state index contributed by atoms with van der Waals surface area (Å²) in [7, 11) is 1.74. The number of carbonyl (C=O) groups is 1. The van der Waals surface area contributed by atoms with Crippen LogP contribution in [-0.2, 0) is 4.79 Å². The second-order valence-corrected chi connectivity index (χ2v) is 6.94. The fourth-order valence-electron chi connectivity index (χ4n) is 3.42. The van der Waals surface area contributed by atoms with Crippen LogP contribution in [0.2, 0.25) is 0 Å². The predicted molar refractivity (Wildman–Crippen MR) is 108 cm³/mol. The molecule has 0 N–H and O–H groups in total. The Balaban J connectivity index is 1.56. The van der Waals surface area contributed by atoms with Crippen LogP contribution in [0.3, 0.4) is 0 Å². The Morgan fingerprint density at radius 2 is 1.83 bits per heavy atom. The van der Waals surface area contributed by atoms with Gasteiger partial charge in [0.2, 0.25) is 5.91 Å². The van der Waals surface area contributed by atoms with Crippen LogP contribution in [0.4, 0.5) is 0 Å². The third-order valence-corrected chi connectivity index (χ3v) is 5.25. The predicted octanol–water partition coefficient (Wildman–Crippen LogP) is 2.96. The van der Waals surface area contributed by atoms with Gasteiger partial charge in [-0.1, -0.05) is 24.3 Å². The van der Waals surface area contributed by atoms with Crippen molar-refractivity contribution in [3.63, 3.8) is 0 Å². The normalized spacial score (nSPS) is 13.3. The number of carbonyl (C=O) groups excluding carboxylic acids is 1. The van der Waals surface area contributed by atoms with E-state index in [-0.39, 0.29) is 11.9 Å². The zero-order valence-electron chi connectivity index (χ0n) is 16.4. The number of hydrogen-bond donors (Lipinski definition) is 0. The molecule has 2 unspecified atom stereocenters. The maximum atomic E-state index is 13.1. The zero-order chi connectivity index (χ0) is 20.5. The van der Waals surface area contributed by atoms with Gasteiger partial charge in [-0.15, -0.1) is 0 Å². The molecule has 8 nitrogen and oxygen atoms in total. The van der Waals surface area contributed by atoms with Gasteiger partial charge in [0, 0.05) is 7.05 Å². The van der Waals surface area contributed by atoms with Crippen LogP contribution in [0.15, 0.2) is 70.4 Å². The van der Waals surface area contributed by atoms with E-state index in [0.29, 0.717) is 11.1 Å². The number of benzene rings is 2. The molecule has 0 bridgehead atoms. The molecule has 8 heteroatoms. The first-order valence-electron chi connectivity index (χ1n) is 9.29. The molecule has 148 valence electrons. The van der Waals surface area contributed by atoms with E-state index in [1.165, 1.54) is 10.9 Å². The quantitative estimate of drug-likeness (QED) is 0.522. The van der Waals surface area contributed by atoms with Crippen molar-refractivity contribution in [3.05, 3.63) is 77.3 Å². The van der Waals surface area contributed by atoms with E-state index in [1.807, 2.05) is 37.3 Å². The van der Waals surface area contributed by atoms with Crippen LogP contribution >= 0.6 is 0 Å². The van der Waals surface area contributed by atoms with E-state index in [2.05, 4.69) is 10.1 Å². The molecule has 2 aromatic carbocycles. The maximum Gasteiger partial charge on any atom is 0.420 e. The molecule has 1 amide bonds. The molecule has 0 aliphatic heterocycles. The molecule has 0 aliphatic carbocycles. The standard InChI is InChI=1S/C21H21N5O3/c1-14(16-8-10-17(11-9-16)25-13-22-12-23-25)24(3)20(27)15(2)26-18-6-4-5-7-19(18)29-21(26)28/h4-15H,1-3H3. The minimum Gasteiger partial charge on any atom is -0.408 e. The zero-order valence-corrected chi connectivity index (χ0v) is 16.4. The summed E-state index contributed by atoms with van der Waals surface area (Å²) >= 11 is 0. The highest BCUT2D eigenvalue weighted by Crippen LogP contribution is 2.24. The SMILES string of the molecule is CC(c1ccc(-n2cncn2)cc1)N(C)C(=O)C(C)n1c(=O)oc2ccccc21. The van der Waals surface area contributed by atoms with E-state index < -0.39 is 11.8 Å². The summed E-state index contributed by atoms with van der Waals surface area (Å²) in [6.07, 6.45) is 3.11. The molecule has 0 aliphatic rings. The first kappa shape index (κ1) is 18.7. The van der Waals surface area contributed by atoms with Crippen LogP contribution in [0.25, 0.3) is 16.8 Å². The molecule has 4 rings (SSSR count). The number of amides is 1. The molecule has 0 saturated carbocycles. The third-order valence-electron chi connectivity index (χ3n) is 5.25. The molecule has 29 heavy (non-hydrogen) atoms. The first-order valence-corrected chi connectivity index (χ1v) is 9.29. The van der Waals surface area contributed by atoms with Crippen molar-refractivity contribution in [2.75, 3.05) is 7.05 Å². The van der Waals surface area contributed by atoms with Crippen LogP contribution in [-0.4, -0.2) is 37.2 Å². The van der Waals surface area contributed by atoms with Gasteiger partial charge in [0.25, 0.3) is 0 Å². The van der Waals surface area contributed by atoms with Gasteiger partial charge in [0.05, 0.1) is 17.2 Å². The molecular weight excluding hydrogens is 370 g/mol. The Labute approximate surface area is 167 Å². The molecule has 0 fully saturated rings. The summed E-state index contributed by atoms with van der Waals surface area (Å²) in [5, 5.41) is 4.11. The fourth-order valence-corrected chi connectivity index (χ4v) is 3.42. The van der Waals surface area contributed by atoms with Gasteiger partial charge >= 0.3 is 5.76 Å². The second-order valence-electron chi connectivity index (χ2n) is 6.94. The van der Waals surface area contributed by atoms with Crippen LogP contribution in [0.5, 0.6) is 0 Å². The number of hydrogen-bond acceptors (Lipinski definition) is 5. The minimum atomic E-state index is -0.687. The number of para-hydroxylation sites is 2. The molecule has 2 atom stereocenters. The summed E-state index contributed by atoms with van der Waals surface area (Å²) in [5.41, 5.74) is 2.94. The second kappa shape index (κ2) is 7.38. The summed E-state index contributed by atoms with van der Waals surface area (Å²) in [6.45, 7) is 3.66. The van der Waals surface area contributed by atoms with Gasteiger partial charge in [-0.05, 0) is 43.7 Å². The summed E-state index contributed by atoms with van der Waals surface area (Å²) in [6, 6.07) is 14.0. The van der Waals surface area contributed by atoms with Gasteiger partial charge in [-0.3, -0.25) is 9.36 Å². The number of oxazole rings is 1. The maximum absolute atomic E-state index is 13.1. The number of nitrogens with zero attached hydrogens (tertiary/aromatic N) is 5. The number of likely N-dealkylation sites (N-methyl/N-ethyl adjacent to an activating group) is 1. The summed E-state index contributed by atoms with van der Waals surface area (Å²) in [4.78, 5) is 31.0. The highest BCUT2D eigenvalue weighted by Gasteiger charge is 2.27. The average molecular weight is 391 g/mol. The minimum absolute atomic E-state index is 0.175. The topological polar surface area (TPSA) is 86.2 Å². The Kier molecular flexibility index (Phi) is 4.75. The lowest BCUT2D eigenvalue weighted by Gasteiger charge is -2.28. The van der Waals surface area contributed by atoms with Gasteiger partial charge < -0.3 is 9.32 Å². The first-order chi connectivity index (χ1) is 14.0. The van der Waals surface area contributed by atoms with E-state index in [4.69, 9.17) is 4.42 Å². The van der Waals surface area contributed by atoms with Crippen LogP contribution in [0.1, 0.15) is 31.5 Å². The highest BCUT2D eigenvalue weighted by molar-refractivity contribution is 5.83.